The summed E-state index contributed by atoms with van der Waals surface area (Å²) in [6, 6.07) is 11.7. The third kappa shape index (κ3) is 2.70. The maximum atomic E-state index is 5.89. The molecule has 2 heterocycles. The fourth-order valence-corrected chi connectivity index (χ4v) is 2.12. The van der Waals surface area contributed by atoms with Crippen LogP contribution in [-0.2, 0) is 0 Å². The number of aromatic nitrogens is 3. The monoisotopic (exact) mass is 284 g/mol. The number of fused-ring (bicyclic) bond motifs is 1. The number of anilines is 1. The van der Waals surface area contributed by atoms with Crippen molar-refractivity contribution < 1.29 is 0 Å². The van der Waals surface area contributed by atoms with E-state index in [4.69, 9.17) is 11.6 Å². The van der Waals surface area contributed by atoms with Gasteiger partial charge in [-0.05, 0) is 36.8 Å². The zero-order valence-electron chi connectivity index (χ0n) is 10.9. The van der Waals surface area contributed by atoms with Crippen LogP contribution in [0.1, 0.15) is 18.5 Å². The van der Waals surface area contributed by atoms with E-state index in [9.17, 15) is 0 Å². The molecule has 20 heavy (non-hydrogen) atoms. The average Bonchev–Trinajstić information content (AvgIpc) is 2.48. The molecule has 1 N–H and O–H groups in total. The molecule has 1 atom stereocenters. The lowest BCUT2D eigenvalue weighted by Crippen LogP contribution is -2.08. The molecule has 0 aliphatic carbocycles. The molecule has 0 aliphatic heterocycles. The second-order valence-corrected chi connectivity index (χ2v) is 4.95. The predicted octanol–water partition coefficient (Wildman–Crippen LogP) is 3.85. The van der Waals surface area contributed by atoms with Gasteiger partial charge >= 0.3 is 0 Å². The number of pyridine rings is 1. The number of nitrogens with one attached hydrogen (secondary N) is 1. The van der Waals surface area contributed by atoms with E-state index in [0.717, 1.165) is 21.9 Å². The summed E-state index contributed by atoms with van der Waals surface area (Å²) < 4.78 is 0. The van der Waals surface area contributed by atoms with Gasteiger partial charge in [-0.2, -0.15) is 0 Å². The fraction of sp³-hybridized carbons (Fsp3) is 0.133. The van der Waals surface area contributed by atoms with E-state index < -0.39 is 0 Å². The molecule has 0 amide bonds. The lowest BCUT2D eigenvalue weighted by Gasteiger charge is -2.15. The van der Waals surface area contributed by atoms with Crippen LogP contribution in [0.5, 0.6) is 0 Å². The number of halogens is 1. The largest absolute Gasteiger partial charge is 0.363 e. The molecular formula is C15H13ClN4. The third-order valence-electron chi connectivity index (χ3n) is 3.07. The van der Waals surface area contributed by atoms with Gasteiger partial charge in [-0.3, -0.25) is 4.98 Å². The summed E-state index contributed by atoms with van der Waals surface area (Å²) in [5, 5.41) is 4.08. The first-order chi connectivity index (χ1) is 9.72. The number of rotatable bonds is 3. The van der Waals surface area contributed by atoms with E-state index in [1.165, 1.54) is 0 Å². The summed E-state index contributed by atoms with van der Waals surface area (Å²) in [5.74, 6) is 0.778. The molecule has 0 saturated carbocycles. The third-order valence-corrected chi connectivity index (χ3v) is 3.32. The van der Waals surface area contributed by atoms with Crippen LogP contribution in [0.2, 0.25) is 5.02 Å². The molecule has 5 heteroatoms. The molecule has 0 bridgehead atoms. The molecule has 1 unspecified atom stereocenters. The Bertz CT molecular complexity index is 727. The highest BCUT2D eigenvalue weighted by Gasteiger charge is 2.07. The Morgan fingerprint density at radius 1 is 1.00 bits per heavy atom. The first-order valence-electron chi connectivity index (χ1n) is 6.32. The molecule has 3 aromatic rings. The van der Waals surface area contributed by atoms with Crippen molar-refractivity contribution in [3.05, 3.63) is 59.4 Å². The SMILES string of the molecule is CC(Nc1ccc2nccnc2n1)c1ccc(Cl)cc1. The van der Waals surface area contributed by atoms with Gasteiger partial charge in [0.1, 0.15) is 11.3 Å². The number of benzene rings is 1. The molecule has 3 rings (SSSR count). The highest BCUT2D eigenvalue weighted by atomic mass is 35.5. The lowest BCUT2D eigenvalue weighted by molar-refractivity contribution is 0.876. The normalized spacial score (nSPS) is 12.3. The summed E-state index contributed by atoms with van der Waals surface area (Å²) in [6.45, 7) is 2.08. The van der Waals surface area contributed by atoms with Crippen LogP contribution in [-0.4, -0.2) is 15.0 Å². The van der Waals surface area contributed by atoms with Gasteiger partial charge in [0.25, 0.3) is 0 Å². The number of hydrogen-bond acceptors (Lipinski definition) is 4. The Kier molecular flexibility index (Phi) is 3.48. The van der Waals surface area contributed by atoms with Crippen molar-refractivity contribution in [1.82, 2.24) is 15.0 Å². The zero-order chi connectivity index (χ0) is 13.9. The minimum atomic E-state index is 0.133. The number of hydrogen-bond donors (Lipinski definition) is 1. The highest BCUT2D eigenvalue weighted by Crippen LogP contribution is 2.20. The van der Waals surface area contributed by atoms with Gasteiger partial charge in [0, 0.05) is 23.5 Å². The molecule has 0 aliphatic rings. The molecule has 0 fully saturated rings. The average molecular weight is 285 g/mol. The molecule has 0 radical (unpaired) electrons. The van der Waals surface area contributed by atoms with Gasteiger partial charge in [0.15, 0.2) is 5.65 Å². The maximum Gasteiger partial charge on any atom is 0.180 e. The Hall–Kier alpha value is -2.20. The van der Waals surface area contributed by atoms with Crippen molar-refractivity contribution >= 4 is 28.6 Å². The minimum Gasteiger partial charge on any atom is -0.363 e. The predicted molar refractivity (Wildman–Crippen MR) is 80.8 cm³/mol. The summed E-state index contributed by atoms with van der Waals surface area (Å²) in [7, 11) is 0. The second kappa shape index (κ2) is 5.43. The van der Waals surface area contributed by atoms with E-state index >= 15 is 0 Å². The standard InChI is InChI=1S/C15H13ClN4/c1-10(11-2-4-12(16)5-3-11)19-14-7-6-13-15(20-14)18-9-8-17-13/h2-10H,1H3,(H,18,19,20). The van der Waals surface area contributed by atoms with Gasteiger partial charge in [-0.1, -0.05) is 23.7 Å². The van der Waals surface area contributed by atoms with Crippen molar-refractivity contribution in [2.75, 3.05) is 5.32 Å². The fourth-order valence-electron chi connectivity index (χ4n) is 1.99. The lowest BCUT2D eigenvalue weighted by atomic mass is 10.1. The summed E-state index contributed by atoms with van der Waals surface area (Å²) >= 11 is 5.89. The van der Waals surface area contributed by atoms with Crippen LogP contribution in [0.15, 0.2) is 48.8 Å². The van der Waals surface area contributed by atoms with Gasteiger partial charge in [0.05, 0.1) is 0 Å². The van der Waals surface area contributed by atoms with Crippen LogP contribution in [0.4, 0.5) is 5.82 Å². The molecule has 2 aromatic heterocycles. The molecular weight excluding hydrogens is 272 g/mol. The van der Waals surface area contributed by atoms with E-state index in [2.05, 4.69) is 27.2 Å². The molecule has 100 valence electrons. The second-order valence-electron chi connectivity index (χ2n) is 4.51. The topological polar surface area (TPSA) is 50.7 Å². The highest BCUT2D eigenvalue weighted by molar-refractivity contribution is 6.30. The van der Waals surface area contributed by atoms with Crippen molar-refractivity contribution in [2.24, 2.45) is 0 Å². The van der Waals surface area contributed by atoms with Gasteiger partial charge < -0.3 is 5.32 Å². The summed E-state index contributed by atoms with van der Waals surface area (Å²) in [6.07, 6.45) is 3.30. The van der Waals surface area contributed by atoms with Crippen LogP contribution >= 0.6 is 11.6 Å². The summed E-state index contributed by atoms with van der Waals surface area (Å²) in [4.78, 5) is 12.9. The zero-order valence-corrected chi connectivity index (χ0v) is 11.7. The van der Waals surface area contributed by atoms with E-state index in [-0.39, 0.29) is 6.04 Å². The first kappa shape index (κ1) is 12.8. The van der Waals surface area contributed by atoms with Gasteiger partial charge in [-0.15, -0.1) is 0 Å². The Morgan fingerprint density at radius 3 is 2.55 bits per heavy atom. The van der Waals surface area contributed by atoms with Crippen LogP contribution in [0, 0.1) is 0 Å². The van der Waals surface area contributed by atoms with E-state index in [0.29, 0.717) is 5.65 Å². The smallest absolute Gasteiger partial charge is 0.180 e. The Morgan fingerprint density at radius 2 is 1.75 bits per heavy atom. The molecule has 1 aromatic carbocycles. The number of nitrogens with zero attached hydrogens (tertiary/aromatic N) is 3. The van der Waals surface area contributed by atoms with Crippen molar-refractivity contribution in [1.29, 1.82) is 0 Å². The maximum absolute atomic E-state index is 5.89. The van der Waals surface area contributed by atoms with Crippen LogP contribution in [0.25, 0.3) is 11.2 Å². The van der Waals surface area contributed by atoms with Gasteiger partial charge in [-0.25, -0.2) is 9.97 Å². The first-order valence-corrected chi connectivity index (χ1v) is 6.70. The van der Waals surface area contributed by atoms with Crippen LogP contribution in [0.3, 0.4) is 0 Å². The molecule has 0 saturated heterocycles. The molecule has 4 nitrogen and oxygen atoms in total. The van der Waals surface area contributed by atoms with Crippen molar-refractivity contribution in [3.63, 3.8) is 0 Å². The summed E-state index contributed by atoms with van der Waals surface area (Å²) in [5.41, 5.74) is 2.58. The minimum absolute atomic E-state index is 0.133. The van der Waals surface area contributed by atoms with Crippen molar-refractivity contribution in [2.45, 2.75) is 13.0 Å². The Labute approximate surface area is 121 Å². The van der Waals surface area contributed by atoms with E-state index in [1.807, 2.05) is 36.4 Å². The van der Waals surface area contributed by atoms with Crippen LogP contribution < -0.4 is 5.32 Å². The van der Waals surface area contributed by atoms with E-state index in [1.54, 1.807) is 12.4 Å². The van der Waals surface area contributed by atoms with Crippen molar-refractivity contribution in [3.8, 4) is 0 Å². The Balaban J connectivity index is 1.83. The molecule has 0 spiro atoms. The van der Waals surface area contributed by atoms with Gasteiger partial charge in [0.2, 0.25) is 0 Å². The quantitative estimate of drug-likeness (QED) is 0.794.